The number of halogens is 3. The lowest BCUT2D eigenvalue weighted by atomic mass is 9.96. The summed E-state index contributed by atoms with van der Waals surface area (Å²) in [6.07, 6.45) is 0.693. The Bertz CT molecular complexity index is 921. The van der Waals surface area contributed by atoms with Crippen LogP contribution in [0.3, 0.4) is 0 Å². The van der Waals surface area contributed by atoms with Gasteiger partial charge in [-0.1, -0.05) is 46.9 Å². The number of rotatable bonds is 5. The van der Waals surface area contributed by atoms with Crippen molar-refractivity contribution in [2.24, 2.45) is 26.9 Å². The molecule has 1 unspecified atom stereocenters. The highest BCUT2D eigenvalue weighted by Gasteiger charge is 2.40. The second kappa shape index (κ2) is 7.72. The molecule has 0 bridgehead atoms. The van der Waals surface area contributed by atoms with Crippen molar-refractivity contribution in [1.29, 1.82) is 0 Å². The number of benzene rings is 2. The second-order valence-electron chi connectivity index (χ2n) is 6.04. The fraction of sp³-hybridized carbons (Fsp3) is 0.176. The Morgan fingerprint density at radius 2 is 1.70 bits per heavy atom. The van der Waals surface area contributed by atoms with Crippen molar-refractivity contribution in [2.75, 3.05) is 0 Å². The summed E-state index contributed by atoms with van der Waals surface area (Å²) in [5.74, 6) is 0.0267. The summed E-state index contributed by atoms with van der Waals surface area (Å²) in [5, 5.41) is 15.2. The average Bonchev–Trinajstić information content (AvgIpc) is 2.92. The molecule has 0 radical (unpaired) electrons. The fourth-order valence-electron chi connectivity index (χ4n) is 2.77. The van der Waals surface area contributed by atoms with Gasteiger partial charge in [0.15, 0.2) is 5.84 Å². The van der Waals surface area contributed by atoms with E-state index in [1.165, 1.54) is 0 Å². The van der Waals surface area contributed by atoms with Crippen LogP contribution >= 0.6 is 34.8 Å². The van der Waals surface area contributed by atoms with Crippen molar-refractivity contribution in [3.05, 3.63) is 68.2 Å². The summed E-state index contributed by atoms with van der Waals surface area (Å²) < 4.78 is 0. The van der Waals surface area contributed by atoms with Gasteiger partial charge < -0.3 is 16.8 Å². The van der Waals surface area contributed by atoms with Gasteiger partial charge in [-0.3, -0.25) is 0 Å². The molecule has 2 aromatic rings. The number of nitrogens with two attached hydrogens (primary N) is 2. The smallest absolute Gasteiger partial charge is 0.314 e. The van der Waals surface area contributed by atoms with Crippen LogP contribution in [-0.2, 0) is 12.8 Å². The van der Waals surface area contributed by atoms with Gasteiger partial charge in [0.2, 0.25) is 5.66 Å². The minimum atomic E-state index is -1.35. The molecule has 2 aromatic carbocycles. The van der Waals surface area contributed by atoms with Gasteiger partial charge in [0.1, 0.15) is 0 Å². The van der Waals surface area contributed by atoms with Crippen LogP contribution in [0.1, 0.15) is 16.7 Å². The third kappa shape index (κ3) is 4.32. The van der Waals surface area contributed by atoms with E-state index in [1.54, 1.807) is 24.3 Å². The van der Waals surface area contributed by atoms with Crippen LogP contribution in [0.4, 0.5) is 4.79 Å². The normalized spacial score (nSPS) is 18.4. The van der Waals surface area contributed by atoms with E-state index in [9.17, 15) is 4.79 Å². The molecule has 0 saturated heterocycles. The number of primary amides is 1. The Labute approximate surface area is 170 Å². The van der Waals surface area contributed by atoms with Gasteiger partial charge in [-0.15, -0.1) is 10.2 Å². The number of nitrogens with zero attached hydrogens (tertiary/aromatic N) is 3. The average molecular weight is 426 g/mol. The highest BCUT2D eigenvalue weighted by atomic mass is 35.5. The third-order valence-electron chi connectivity index (χ3n) is 4.08. The number of hydrogen-bond acceptors (Lipinski definition) is 5. The van der Waals surface area contributed by atoms with Gasteiger partial charge in [-0.05, 0) is 46.2 Å². The lowest BCUT2D eigenvalue weighted by Crippen LogP contribution is -2.57. The zero-order valence-electron chi connectivity index (χ0n) is 13.9. The van der Waals surface area contributed by atoms with E-state index in [2.05, 4.69) is 20.8 Å². The standard InChI is InChI=1S/C17H15Cl3N6O/c18-11-3-1-9(2-4-11)5-12-13(19)6-10(7-14(12)20)8-17(23-16(22)27)15(21)24-26-25-17/h1-4,6-7H,5,8H2,(H2,21,24,25)(H3,22,23,27). The number of carbonyl (C=O) groups is 1. The lowest BCUT2D eigenvalue weighted by molar-refractivity contribution is 0.241. The van der Waals surface area contributed by atoms with Crippen molar-refractivity contribution in [3.63, 3.8) is 0 Å². The SMILES string of the molecule is NC(=O)NC1(Cc2cc(Cl)c(Cc3ccc(Cl)cc3)c(Cl)c2)N=NN=C1N. The van der Waals surface area contributed by atoms with Crippen molar-refractivity contribution >= 4 is 46.7 Å². The predicted octanol–water partition coefficient (Wildman–Crippen LogP) is 3.88. The molecule has 7 nitrogen and oxygen atoms in total. The number of carbonyl (C=O) groups excluding carboxylic acids is 1. The van der Waals surface area contributed by atoms with Crippen LogP contribution in [0.2, 0.25) is 15.1 Å². The van der Waals surface area contributed by atoms with Crippen LogP contribution in [0.25, 0.3) is 0 Å². The van der Waals surface area contributed by atoms with E-state index in [0.29, 0.717) is 27.1 Å². The molecule has 0 aromatic heterocycles. The number of hydrogen-bond donors (Lipinski definition) is 3. The first-order valence-electron chi connectivity index (χ1n) is 7.84. The van der Waals surface area contributed by atoms with Crippen molar-refractivity contribution in [1.82, 2.24) is 5.32 Å². The molecule has 0 spiro atoms. The maximum atomic E-state index is 11.3. The Balaban J connectivity index is 1.88. The highest BCUT2D eigenvalue weighted by molar-refractivity contribution is 6.36. The molecule has 0 aliphatic carbocycles. The molecule has 1 atom stereocenters. The molecule has 2 amide bonds. The largest absolute Gasteiger partial charge is 0.382 e. The van der Waals surface area contributed by atoms with Crippen molar-refractivity contribution in [3.8, 4) is 0 Å². The van der Waals surface area contributed by atoms with E-state index in [0.717, 1.165) is 11.1 Å². The van der Waals surface area contributed by atoms with Crippen LogP contribution in [-0.4, -0.2) is 17.5 Å². The molecule has 5 N–H and O–H groups in total. The Morgan fingerprint density at radius 3 is 2.22 bits per heavy atom. The molecular formula is C17H15Cl3N6O. The van der Waals surface area contributed by atoms with Crippen LogP contribution in [0.5, 0.6) is 0 Å². The van der Waals surface area contributed by atoms with Crippen LogP contribution < -0.4 is 16.8 Å². The van der Waals surface area contributed by atoms with E-state index >= 15 is 0 Å². The predicted molar refractivity (Wildman–Crippen MR) is 106 cm³/mol. The Morgan fingerprint density at radius 1 is 1.07 bits per heavy atom. The van der Waals surface area contributed by atoms with Gasteiger partial charge in [-0.2, -0.15) is 0 Å². The summed E-state index contributed by atoms with van der Waals surface area (Å²) >= 11 is 18.8. The molecular weight excluding hydrogens is 411 g/mol. The van der Waals surface area contributed by atoms with E-state index in [1.807, 2.05) is 12.1 Å². The molecule has 140 valence electrons. The Kier molecular flexibility index (Phi) is 5.55. The maximum absolute atomic E-state index is 11.3. The quantitative estimate of drug-likeness (QED) is 0.674. The van der Waals surface area contributed by atoms with Gasteiger partial charge in [0, 0.05) is 27.9 Å². The number of urea groups is 1. The monoisotopic (exact) mass is 424 g/mol. The first kappa shape index (κ1) is 19.4. The zero-order chi connectivity index (χ0) is 19.6. The molecule has 1 heterocycles. The molecule has 27 heavy (non-hydrogen) atoms. The van der Waals surface area contributed by atoms with E-state index in [-0.39, 0.29) is 12.3 Å². The van der Waals surface area contributed by atoms with Crippen LogP contribution in [0, 0.1) is 0 Å². The second-order valence-corrected chi connectivity index (χ2v) is 7.29. The molecule has 0 fully saturated rings. The summed E-state index contributed by atoms with van der Waals surface area (Å²) in [6.45, 7) is 0. The minimum absolute atomic E-state index is 0.0267. The molecule has 10 heteroatoms. The number of amidine groups is 1. The maximum Gasteiger partial charge on any atom is 0.314 e. The topological polar surface area (TPSA) is 118 Å². The van der Waals surface area contributed by atoms with E-state index < -0.39 is 11.7 Å². The van der Waals surface area contributed by atoms with Crippen LogP contribution in [0.15, 0.2) is 51.8 Å². The number of amides is 2. The van der Waals surface area contributed by atoms with Gasteiger partial charge in [0.25, 0.3) is 0 Å². The Hall–Kier alpha value is -2.35. The minimum Gasteiger partial charge on any atom is -0.382 e. The van der Waals surface area contributed by atoms with Gasteiger partial charge in [0.05, 0.1) is 0 Å². The van der Waals surface area contributed by atoms with Crippen molar-refractivity contribution in [2.45, 2.75) is 18.5 Å². The van der Waals surface area contributed by atoms with E-state index in [4.69, 9.17) is 46.3 Å². The zero-order valence-corrected chi connectivity index (χ0v) is 16.2. The summed E-state index contributed by atoms with van der Waals surface area (Å²) in [4.78, 5) is 11.3. The summed E-state index contributed by atoms with van der Waals surface area (Å²) in [6, 6.07) is 10.1. The lowest BCUT2D eigenvalue weighted by Gasteiger charge is -2.25. The fourth-order valence-corrected chi connectivity index (χ4v) is 3.56. The molecule has 1 aliphatic rings. The molecule has 0 saturated carbocycles. The molecule has 1 aliphatic heterocycles. The first-order chi connectivity index (χ1) is 12.8. The van der Waals surface area contributed by atoms with Crippen molar-refractivity contribution < 1.29 is 4.79 Å². The number of nitrogens with one attached hydrogen (secondary N) is 1. The summed E-state index contributed by atoms with van der Waals surface area (Å²) in [7, 11) is 0. The highest BCUT2D eigenvalue weighted by Crippen LogP contribution is 2.31. The first-order valence-corrected chi connectivity index (χ1v) is 8.97. The summed E-state index contributed by atoms with van der Waals surface area (Å²) in [5.41, 5.74) is 12.2. The third-order valence-corrected chi connectivity index (χ3v) is 5.00. The van der Waals surface area contributed by atoms with Gasteiger partial charge in [-0.25, -0.2) is 4.79 Å². The molecule has 3 rings (SSSR count). The van der Waals surface area contributed by atoms with Gasteiger partial charge >= 0.3 is 6.03 Å².